The van der Waals surface area contributed by atoms with E-state index in [1.54, 1.807) is 23.4 Å². The molecule has 0 atom stereocenters. The summed E-state index contributed by atoms with van der Waals surface area (Å²) in [7, 11) is 0. The number of nitrogens with zero attached hydrogens (tertiary/aromatic N) is 3. The second-order valence-corrected chi connectivity index (χ2v) is 6.36. The number of carbonyl (C=O) groups excluding carboxylic acids is 1. The molecule has 2 rings (SSSR count). The van der Waals surface area contributed by atoms with Gasteiger partial charge in [-0.15, -0.1) is 0 Å². The smallest absolute Gasteiger partial charge is 0.410 e. The van der Waals surface area contributed by atoms with E-state index in [-0.39, 0.29) is 6.09 Å². The van der Waals surface area contributed by atoms with Crippen LogP contribution in [0.4, 0.5) is 10.7 Å². The van der Waals surface area contributed by atoms with Crippen molar-refractivity contribution < 1.29 is 9.53 Å². The summed E-state index contributed by atoms with van der Waals surface area (Å²) in [4.78, 5) is 22.0. The van der Waals surface area contributed by atoms with Crippen molar-refractivity contribution in [3.8, 4) is 0 Å². The number of nitrogens with one attached hydrogen (secondary N) is 1. The predicted molar refractivity (Wildman–Crippen MR) is 81.1 cm³/mol. The Balaban J connectivity index is 1.72. The average Bonchev–Trinajstić information content (AvgIpc) is 2.45. The Hall–Kier alpha value is -1.85. The van der Waals surface area contributed by atoms with Gasteiger partial charge in [-0.2, -0.15) is 0 Å². The van der Waals surface area contributed by atoms with E-state index in [0.29, 0.717) is 11.9 Å². The minimum absolute atomic E-state index is 0.208. The Morgan fingerprint density at radius 2 is 1.95 bits per heavy atom. The largest absolute Gasteiger partial charge is 0.444 e. The lowest BCUT2D eigenvalue weighted by molar-refractivity contribution is 0.0188. The first-order valence-corrected chi connectivity index (χ1v) is 7.43. The second kappa shape index (κ2) is 6.74. The van der Waals surface area contributed by atoms with Crippen LogP contribution in [0.25, 0.3) is 0 Å². The van der Waals surface area contributed by atoms with Crippen molar-refractivity contribution in [3.63, 3.8) is 0 Å². The van der Waals surface area contributed by atoms with Crippen LogP contribution in [0.1, 0.15) is 33.6 Å². The Labute approximate surface area is 125 Å². The number of piperidine rings is 1. The van der Waals surface area contributed by atoms with Crippen LogP contribution in [0, 0.1) is 5.92 Å². The van der Waals surface area contributed by atoms with Gasteiger partial charge in [-0.05, 0) is 45.6 Å². The first kappa shape index (κ1) is 15.5. The normalized spacial score (nSPS) is 16.6. The lowest BCUT2D eigenvalue weighted by Crippen LogP contribution is -2.42. The molecule has 0 aliphatic carbocycles. The predicted octanol–water partition coefficient (Wildman–Crippen LogP) is 2.54. The number of ether oxygens (including phenoxy) is 1. The third-order valence-electron chi connectivity index (χ3n) is 3.38. The molecule has 1 amide bonds. The van der Waals surface area contributed by atoms with Crippen LogP contribution in [0.2, 0.25) is 0 Å². The van der Waals surface area contributed by atoms with Gasteiger partial charge in [0.1, 0.15) is 5.60 Å². The topological polar surface area (TPSA) is 67.3 Å². The molecule has 1 fully saturated rings. The van der Waals surface area contributed by atoms with E-state index in [0.717, 1.165) is 32.5 Å². The number of rotatable bonds is 3. The lowest BCUT2D eigenvalue weighted by Gasteiger charge is -2.33. The quantitative estimate of drug-likeness (QED) is 0.927. The maximum absolute atomic E-state index is 12.0. The highest BCUT2D eigenvalue weighted by atomic mass is 16.6. The van der Waals surface area contributed by atoms with Gasteiger partial charge in [0, 0.05) is 32.0 Å². The van der Waals surface area contributed by atoms with Gasteiger partial charge in [0.25, 0.3) is 0 Å². The van der Waals surface area contributed by atoms with E-state index in [9.17, 15) is 4.79 Å². The number of amides is 1. The Kier molecular flexibility index (Phi) is 4.98. The number of likely N-dealkylation sites (tertiary alicyclic amines) is 1. The molecule has 0 bridgehead atoms. The summed E-state index contributed by atoms with van der Waals surface area (Å²) in [5.74, 6) is 1.19. The van der Waals surface area contributed by atoms with Gasteiger partial charge in [-0.1, -0.05) is 0 Å². The zero-order valence-corrected chi connectivity index (χ0v) is 13.0. The first-order valence-electron chi connectivity index (χ1n) is 7.43. The van der Waals surface area contributed by atoms with Crippen molar-refractivity contribution in [1.29, 1.82) is 0 Å². The number of carbonyl (C=O) groups is 1. The van der Waals surface area contributed by atoms with Gasteiger partial charge in [-0.3, -0.25) is 0 Å². The van der Waals surface area contributed by atoms with Gasteiger partial charge in [0.05, 0.1) is 0 Å². The summed E-state index contributed by atoms with van der Waals surface area (Å²) in [6, 6.07) is 1.80. The fourth-order valence-corrected chi connectivity index (χ4v) is 2.27. The average molecular weight is 292 g/mol. The highest BCUT2D eigenvalue weighted by Crippen LogP contribution is 2.19. The van der Waals surface area contributed by atoms with Crippen molar-refractivity contribution in [2.75, 3.05) is 25.0 Å². The SMILES string of the molecule is CC(C)(C)OC(=O)N1CCC(CNc2ncccn2)CC1. The minimum Gasteiger partial charge on any atom is -0.444 e. The molecule has 1 N–H and O–H groups in total. The molecule has 1 aromatic heterocycles. The second-order valence-electron chi connectivity index (χ2n) is 6.36. The summed E-state index contributed by atoms with van der Waals surface area (Å²) < 4.78 is 5.39. The minimum atomic E-state index is -0.430. The molecule has 21 heavy (non-hydrogen) atoms. The van der Waals surface area contributed by atoms with Crippen LogP contribution in [0.5, 0.6) is 0 Å². The first-order chi connectivity index (χ1) is 9.94. The molecular formula is C15H24N4O2. The molecule has 6 heteroatoms. The van der Waals surface area contributed by atoms with Gasteiger partial charge >= 0.3 is 6.09 Å². The number of aromatic nitrogens is 2. The van der Waals surface area contributed by atoms with Crippen LogP contribution in [-0.2, 0) is 4.74 Å². The standard InChI is InChI=1S/C15H24N4O2/c1-15(2,3)21-14(20)19-9-5-12(6-10-19)11-18-13-16-7-4-8-17-13/h4,7-8,12H,5-6,9-11H2,1-3H3,(H,16,17,18). The fraction of sp³-hybridized carbons (Fsp3) is 0.667. The molecule has 2 heterocycles. The number of hydrogen-bond donors (Lipinski definition) is 1. The van der Waals surface area contributed by atoms with E-state index in [2.05, 4.69) is 15.3 Å². The summed E-state index contributed by atoms with van der Waals surface area (Å²) in [5, 5.41) is 3.24. The van der Waals surface area contributed by atoms with Gasteiger partial charge in [-0.25, -0.2) is 14.8 Å². The van der Waals surface area contributed by atoms with E-state index in [4.69, 9.17) is 4.74 Å². The van der Waals surface area contributed by atoms with Crippen LogP contribution in [0.3, 0.4) is 0 Å². The molecule has 1 aliphatic heterocycles. The molecule has 0 aromatic carbocycles. The van der Waals surface area contributed by atoms with Crippen molar-refractivity contribution >= 4 is 12.0 Å². The Morgan fingerprint density at radius 3 is 2.52 bits per heavy atom. The molecule has 1 saturated heterocycles. The van der Waals surface area contributed by atoms with Crippen molar-refractivity contribution in [1.82, 2.24) is 14.9 Å². The fourth-order valence-electron chi connectivity index (χ4n) is 2.27. The maximum atomic E-state index is 12.0. The molecular weight excluding hydrogens is 268 g/mol. The third-order valence-corrected chi connectivity index (χ3v) is 3.38. The number of anilines is 1. The van der Waals surface area contributed by atoms with Gasteiger partial charge < -0.3 is 15.0 Å². The zero-order valence-electron chi connectivity index (χ0n) is 13.0. The van der Waals surface area contributed by atoms with Crippen LogP contribution >= 0.6 is 0 Å². The Morgan fingerprint density at radius 1 is 1.33 bits per heavy atom. The highest BCUT2D eigenvalue weighted by Gasteiger charge is 2.26. The van der Waals surface area contributed by atoms with Crippen molar-refractivity contribution in [2.45, 2.75) is 39.2 Å². The molecule has 0 spiro atoms. The van der Waals surface area contributed by atoms with Gasteiger partial charge in [0.15, 0.2) is 0 Å². The monoisotopic (exact) mass is 292 g/mol. The van der Waals surface area contributed by atoms with E-state index in [1.165, 1.54) is 0 Å². The van der Waals surface area contributed by atoms with E-state index in [1.807, 2.05) is 20.8 Å². The highest BCUT2D eigenvalue weighted by molar-refractivity contribution is 5.68. The van der Waals surface area contributed by atoms with E-state index < -0.39 is 5.60 Å². The Bertz CT molecular complexity index is 450. The molecule has 6 nitrogen and oxygen atoms in total. The molecule has 116 valence electrons. The van der Waals surface area contributed by atoms with E-state index >= 15 is 0 Å². The summed E-state index contributed by atoms with van der Waals surface area (Å²) in [6.45, 7) is 8.00. The zero-order chi connectivity index (χ0) is 15.3. The molecule has 1 aliphatic rings. The molecule has 0 unspecified atom stereocenters. The van der Waals surface area contributed by atoms with Crippen molar-refractivity contribution in [2.24, 2.45) is 5.92 Å². The number of hydrogen-bond acceptors (Lipinski definition) is 5. The van der Waals surface area contributed by atoms with Crippen molar-refractivity contribution in [3.05, 3.63) is 18.5 Å². The van der Waals surface area contributed by atoms with Crippen LogP contribution < -0.4 is 5.32 Å². The van der Waals surface area contributed by atoms with Crippen LogP contribution in [-0.4, -0.2) is 46.2 Å². The molecule has 0 saturated carbocycles. The third kappa shape index (κ3) is 5.21. The summed E-state index contributed by atoms with van der Waals surface area (Å²) in [5.41, 5.74) is -0.430. The summed E-state index contributed by atoms with van der Waals surface area (Å²) >= 11 is 0. The van der Waals surface area contributed by atoms with Crippen LogP contribution in [0.15, 0.2) is 18.5 Å². The molecule has 1 aromatic rings. The lowest BCUT2D eigenvalue weighted by atomic mass is 9.97. The maximum Gasteiger partial charge on any atom is 0.410 e. The summed E-state index contributed by atoms with van der Waals surface area (Å²) in [6.07, 6.45) is 5.18. The van der Waals surface area contributed by atoms with Gasteiger partial charge in [0.2, 0.25) is 5.95 Å². The molecule has 0 radical (unpaired) electrons.